The minimum atomic E-state index is -3.87. The molecule has 5 nitrogen and oxygen atoms in total. The molecule has 0 radical (unpaired) electrons. The Kier molecular flexibility index (Phi) is 7.41. The van der Waals surface area contributed by atoms with Crippen molar-refractivity contribution in [3.05, 3.63) is 59.9 Å². The van der Waals surface area contributed by atoms with Gasteiger partial charge in [-0.05, 0) is 55.1 Å². The van der Waals surface area contributed by atoms with Crippen LogP contribution in [0.15, 0.2) is 58.3 Å². The Morgan fingerprint density at radius 3 is 2.26 bits per heavy atom. The van der Waals surface area contributed by atoms with Crippen molar-refractivity contribution in [2.24, 2.45) is 0 Å². The van der Waals surface area contributed by atoms with Crippen LogP contribution in [0.25, 0.3) is 0 Å². The number of carbonyl (C=O) groups excluding carboxylic acids is 1. The lowest BCUT2D eigenvalue weighted by Gasteiger charge is -2.22. The van der Waals surface area contributed by atoms with Crippen molar-refractivity contribution in [3.8, 4) is 0 Å². The number of hydrogen-bond acceptors (Lipinski definition) is 4. The summed E-state index contributed by atoms with van der Waals surface area (Å²) in [7, 11) is -3.87. The van der Waals surface area contributed by atoms with E-state index in [1.807, 2.05) is 37.4 Å². The van der Waals surface area contributed by atoms with Crippen LogP contribution in [0.4, 0.5) is 4.39 Å². The molecule has 146 valence electrons. The number of thioether (sulfide) groups is 1. The largest absolute Gasteiger partial charge is 0.348 e. The van der Waals surface area contributed by atoms with E-state index in [-0.39, 0.29) is 24.0 Å². The summed E-state index contributed by atoms with van der Waals surface area (Å²) in [6.07, 6.45) is 1.99. The molecular weight excluding hydrogens is 387 g/mol. The van der Waals surface area contributed by atoms with Crippen molar-refractivity contribution in [3.63, 3.8) is 0 Å². The highest BCUT2D eigenvalue weighted by Crippen LogP contribution is 2.19. The van der Waals surface area contributed by atoms with Crippen LogP contribution in [-0.2, 0) is 14.8 Å². The van der Waals surface area contributed by atoms with E-state index in [4.69, 9.17) is 0 Å². The van der Waals surface area contributed by atoms with Crippen molar-refractivity contribution in [2.75, 3.05) is 19.3 Å². The normalized spacial score (nSPS) is 12.8. The Balaban J connectivity index is 2.06. The van der Waals surface area contributed by atoms with Gasteiger partial charge in [-0.25, -0.2) is 12.8 Å². The van der Waals surface area contributed by atoms with Crippen LogP contribution >= 0.6 is 11.8 Å². The van der Waals surface area contributed by atoms with Gasteiger partial charge in [0.2, 0.25) is 15.9 Å². The van der Waals surface area contributed by atoms with Gasteiger partial charge in [-0.3, -0.25) is 4.79 Å². The first-order valence-corrected chi connectivity index (χ1v) is 11.1. The van der Waals surface area contributed by atoms with Crippen LogP contribution in [0.1, 0.15) is 25.5 Å². The summed E-state index contributed by atoms with van der Waals surface area (Å²) in [6.45, 7) is 3.32. The second kappa shape index (κ2) is 9.34. The van der Waals surface area contributed by atoms with Crippen LogP contribution in [0.2, 0.25) is 0 Å². The molecule has 1 unspecified atom stereocenters. The Morgan fingerprint density at radius 1 is 1.15 bits per heavy atom. The summed E-state index contributed by atoms with van der Waals surface area (Å²) in [4.78, 5) is 13.5. The van der Waals surface area contributed by atoms with Crippen LogP contribution in [0.3, 0.4) is 0 Å². The molecule has 8 heteroatoms. The first kappa shape index (κ1) is 21.4. The maximum Gasteiger partial charge on any atom is 0.243 e. The summed E-state index contributed by atoms with van der Waals surface area (Å²) >= 11 is 1.63. The number of halogens is 1. The average molecular weight is 411 g/mol. The predicted octanol–water partition coefficient (Wildman–Crippen LogP) is 3.44. The van der Waals surface area contributed by atoms with Crippen LogP contribution in [0.5, 0.6) is 0 Å². The Labute approximate surface area is 164 Å². The fraction of sp³-hybridized carbons (Fsp3) is 0.316. The van der Waals surface area contributed by atoms with Crippen molar-refractivity contribution in [1.29, 1.82) is 0 Å². The molecule has 0 aromatic heterocycles. The van der Waals surface area contributed by atoms with Gasteiger partial charge in [-0.2, -0.15) is 4.31 Å². The first-order chi connectivity index (χ1) is 12.8. The van der Waals surface area contributed by atoms with Gasteiger partial charge >= 0.3 is 0 Å². The zero-order valence-electron chi connectivity index (χ0n) is 15.5. The van der Waals surface area contributed by atoms with E-state index in [1.54, 1.807) is 18.7 Å². The summed E-state index contributed by atoms with van der Waals surface area (Å²) in [6, 6.07) is 12.1. The highest BCUT2D eigenvalue weighted by atomic mass is 32.2. The standard InChI is InChI=1S/C19H23FN2O3S2/c1-4-22(27(24,25)18-11-7-16(20)8-12-18)13-19(23)21-14(2)15-5-9-17(26-3)10-6-15/h5-12,14H,4,13H2,1-3H3,(H,21,23). The number of nitrogens with zero attached hydrogens (tertiary/aromatic N) is 1. The number of likely N-dealkylation sites (N-methyl/N-ethyl adjacent to an activating group) is 1. The number of carbonyl (C=O) groups is 1. The zero-order chi connectivity index (χ0) is 20.0. The van der Waals surface area contributed by atoms with Crippen molar-refractivity contribution < 1.29 is 17.6 Å². The van der Waals surface area contributed by atoms with E-state index in [9.17, 15) is 17.6 Å². The number of nitrogens with one attached hydrogen (secondary N) is 1. The Morgan fingerprint density at radius 2 is 1.74 bits per heavy atom. The van der Waals surface area contributed by atoms with E-state index >= 15 is 0 Å². The molecule has 0 saturated carbocycles. The maximum atomic E-state index is 13.0. The molecule has 2 rings (SSSR count). The van der Waals surface area contributed by atoms with Crippen LogP contribution < -0.4 is 5.32 Å². The second-order valence-corrected chi connectivity index (χ2v) is 8.77. The fourth-order valence-corrected chi connectivity index (χ4v) is 4.36. The molecule has 0 aliphatic rings. The molecule has 0 heterocycles. The summed E-state index contributed by atoms with van der Waals surface area (Å²) in [5.74, 6) is -0.917. The lowest BCUT2D eigenvalue weighted by atomic mass is 10.1. The summed E-state index contributed by atoms with van der Waals surface area (Å²) < 4.78 is 39.4. The number of benzene rings is 2. The molecule has 0 saturated heterocycles. The molecule has 0 aliphatic heterocycles. The number of rotatable bonds is 8. The molecule has 1 atom stereocenters. The third-order valence-electron chi connectivity index (χ3n) is 4.12. The molecule has 27 heavy (non-hydrogen) atoms. The van der Waals surface area contributed by atoms with Crippen LogP contribution in [0, 0.1) is 5.82 Å². The molecule has 0 spiro atoms. The summed E-state index contributed by atoms with van der Waals surface area (Å²) in [5.41, 5.74) is 0.936. The minimum Gasteiger partial charge on any atom is -0.348 e. The fourth-order valence-electron chi connectivity index (χ4n) is 2.55. The Hall–Kier alpha value is -1.90. The van der Waals surface area contributed by atoms with Crippen molar-refractivity contribution in [2.45, 2.75) is 29.7 Å². The highest BCUT2D eigenvalue weighted by Gasteiger charge is 2.25. The molecule has 2 aromatic rings. The quantitative estimate of drug-likeness (QED) is 0.677. The molecule has 0 aliphatic carbocycles. The maximum absolute atomic E-state index is 13.0. The lowest BCUT2D eigenvalue weighted by molar-refractivity contribution is -0.121. The summed E-state index contributed by atoms with van der Waals surface area (Å²) in [5, 5.41) is 2.82. The number of amides is 1. The number of hydrogen-bond donors (Lipinski definition) is 1. The van der Waals surface area contributed by atoms with Gasteiger partial charge < -0.3 is 5.32 Å². The lowest BCUT2D eigenvalue weighted by Crippen LogP contribution is -2.41. The minimum absolute atomic E-state index is 0.0424. The second-order valence-electron chi connectivity index (χ2n) is 5.95. The van der Waals surface area contributed by atoms with Gasteiger partial charge in [0.15, 0.2) is 0 Å². The molecule has 1 amide bonds. The van der Waals surface area contributed by atoms with Gasteiger partial charge in [0.05, 0.1) is 17.5 Å². The van der Waals surface area contributed by atoms with Gasteiger partial charge in [0, 0.05) is 11.4 Å². The van der Waals surface area contributed by atoms with E-state index < -0.39 is 21.7 Å². The smallest absolute Gasteiger partial charge is 0.243 e. The van der Waals surface area contributed by atoms with Gasteiger partial charge in [-0.15, -0.1) is 11.8 Å². The van der Waals surface area contributed by atoms with Gasteiger partial charge in [0.1, 0.15) is 5.82 Å². The van der Waals surface area contributed by atoms with Gasteiger partial charge in [-0.1, -0.05) is 19.1 Å². The Bertz CT molecular complexity index is 869. The monoisotopic (exact) mass is 410 g/mol. The predicted molar refractivity (Wildman–Crippen MR) is 106 cm³/mol. The molecule has 0 bridgehead atoms. The first-order valence-electron chi connectivity index (χ1n) is 8.47. The molecule has 1 N–H and O–H groups in total. The topological polar surface area (TPSA) is 66.5 Å². The van der Waals surface area contributed by atoms with E-state index in [0.717, 1.165) is 26.9 Å². The molecule has 0 fully saturated rings. The zero-order valence-corrected chi connectivity index (χ0v) is 17.1. The van der Waals surface area contributed by atoms with Crippen molar-refractivity contribution >= 4 is 27.7 Å². The third kappa shape index (κ3) is 5.54. The van der Waals surface area contributed by atoms with E-state index in [1.165, 1.54) is 12.1 Å². The number of sulfonamides is 1. The molecular formula is C19H23FN2O3S2. The van der Waals surface area contributed by atoms with E-state index in [0.29, 0.717) is 0 Å². The van der Waals surface area contributed by atoms with Crippen molar-refractivity contribution in [1.82, 2.24) is 9.62 Å². The van der Waals surface area contributed by atoms with Crippen LogP contribution in [-0.4, -0.2) is 38.0 Å². The third-order valence-corrected chi connectivity index (χ3v) is 6.80. The molecule has 2 aromatic carbocycles. The average Bonchev–Trinajstić information content (AvgIpc) is 2.66. The van der Waals surface area contributed by atoms with E-state index in [2.05, 4.69) is 5.32 Å². The van der Waals surface area contributed by atoms with Gasteiger partial charge in [0.25, 0.3) is 0 Å². The highest BCUT2D eigenvalue weighted by molar-refractivity contribution is 7.98. The SMILES string of the molecule is CCN(CC(=O)NC(C)c1ccc(SC)cc1)S(=O)(=O)c1ccc(F)cc1.